The van der Waals surface area contributed by atoms with E-state index in [1.807, 2.05) is 29.7 Å². The van der Waals surface area contributed by atoms with Gasteiger partial charge in [0.25, 0.3) is 0 Å². The maximum atomic E-state index is 13.1. The van der Waals surface area contributed by atoms with Crippen LogP contribution >= 0.6 is 0 Å². The van der Waals surface area contributed by atoms with Gasteiger partial charge >= 0.3 is 0 Å². The molecule has 6 nitrogen and oxygen atoms in total. The molecule has 0 spiro atoms. The fourth-order valence-electron chi connectivity index (χ4n) is 3.63. The van der Waals surface area contributed by atoms with Crippen molar-refractivity contribution in [3.05, 3.63) is 59.4 Å². The van der Waals surface area contributed by atoms with E-state index >= 15 is 0 Å². The maximum absolute atomic E-state index is 13.1. The Hall–Kier alpha value is -2.64. The molecule has 0 bridgehead atoms. The van der Waals surface area contributed by atoms with Crippen molar-refractivity contribution in [1.29, 1.82) is 0 Å². The molecule has 1 saturated heterocycles. The first-order valence-corrected chi connectivity index (χ1v) is 10.1. The summed E-state index contributed by atoms with van der Waals surface area (Å²) in [6, 6.07) is 11.6. The molecule has 1 atom stereocenters. The number of phenols is 1. The monoisotopic (exact) mass is 416 g/mol. The number of carbonyl (C=O) groups excluding carboxylic acids is 1. The van der Waals surface area contributed by atoms with Crippen LogP contribution in [-0.4, -0.2) is 59.7 Å². The van der Waals surface area contributed by atoms with Crippen molar-refractivity contribution < 1.29 is 23.8 Å². The summed E-state index contributed by atoms with van der Waals surface area (Å²) in [7, 11) is 1.51. The largest absolute Gasteiger partial charge is 0.504 e. The minimum Gasteiger partial charge on any atom is -0.504 e. The lowest BCUT2D eigenvalue weighted by Crippen LogP contribution is -2.42. The number of nitrogens with zero attached hydrogens (tertiary/aromatic N) is 2. The zero-order valence-electron chi connectivity index (χ0n) is 17.7. The summed E-state index contributed by atoms with van der Waals surface area (Å²) in [5.41, 5.74) is 1.77. The number of aromatic hydroxyl groups is 1. The van der Waals surface area contributed by atoms with Gasteiger partial charge in [-0.1, -0.05) is 18.2 Å². The number of halogens is 1. The number of ether oxygens (including phenoxy) is 2. The minimum atomic E-state index is -0.279. The summed E-state index contributed by atoms with van der Waals surface area (Å²) in [5.74, 6) is 0.260. The summed E-state index contributed by atoms with van der Waals surface area (Å²) in [6.07, 6.45) is -0.184. The first-order valence-electron chi connectivity index (χ1n) is 10.1. The van der Waals surface area contributed by atoms with E-state index in [-0.39, 0.29) is 36.2 Å². The van der Waals surface area contributed by atoms with Crippen LogP contribution in [0.3, 0.4) is 0 Å². The van der Waals surface area contributed by atoms with Gasteiger partial charge in [-0.15, -0.1) is 0 Å². The first-order chi connectivity index (χ1) is 14.4. The summed E-state index contributed by atoms with van der Waals surface area (Å²) in [5, 5.41) is 10.1. The van der Waals surface area contributed by atoms with Crippen LogP contribution in [0.4, 0.5) is 4.39 Å². The third kappa shape index (κ3) is 5.70. The van der Waals surface area contributed by atoms with Gasteiger partial charge in [0.2, 0.25) is 5.91 Å². The van der Waals surface area contributed by atoms with Gasteiger partial charge in [0.1, 0.15) is 5.82 Å². The standard InChI is InChI=1S/C23H29FN2O4/c1-16(2)26-13-20(30-15-17-4-7-19(24)8-5-17)12-25(14-23(26)28)11-18-6-9-22(29-3)21(27)10-18/h4-10,16,20,27H,11-15H2,1-3H3/t20-/m0/s1. The number of hydrogen-bond acceptors (Lipinski definition) is 5. The Bertz CT molecular complexity index is 857. The van der Waals surface area contributed by atoms with Gasteiger partial charge in [-0.2, -0.15) is 0 Å². The van der Waals surface area contributed by atoms with Gasteiger partial charge < -0.3 is 19.5 Å². The molecular formula is C23H29FN2O4. The zero-order chi connectivity index (χ0) is 21.7. The van der Waals surface area contributed by atoms with Gasteiger partial charge in [0.15, 0.2) is 11.5 Å². The lowest BCUT2D eigenvalue weighted by atomic mass is 10.1. The molecule has 1 aliphatic heterocycles. The Morgan fingerprint density at radius 1 is 1.13 bits per heavy atom. The number of benzene rings is 2. The molecule has 1 fully saturated rings. The molecule has 0 saturated carbocycles. The van der Waals surface area contributed by atoms with Crippen LogP contribution in [0.2, 0.25) is 0 Å². The van der Waals surface area contributed by atoms with E-state index < -0.39 is 0 Å². The normalized spacial score (nSPS) is 18.0. The molecule has 1 N–H and O–H groups in total. The van der Waals surface area contributed by atoms with E-state index in [4.69, 9.17) is 9.47 Å². The van der Waals surface area contributed by atoms with Crippen molar-refractivity contribution in [3.63, 3.8) is 0 Å². The Kier molecular flexibility index (Phi) is 7.29. The van der Waals surface area contributed by atoms with Crippen LogP contribution in [0.5, 0.6) is 11.5 Å². The highest BCUT2D eigenvalue weighted by molar-refractivity contribution is 5.79. The van der Waals surface area contributed by atoms with Crippen LogP contribution in [0.15, 0.2) is 42.5 Å². The molecular weight excluding hydrogens is 387 g/mol. The molecule has 2 aromatic rings. The van der Waals surface area contributed by atoms with E-state index in [0.717, 1.165) is 11.1 Å². The van der Waals surface area contributed by atoms with Gasteiger partial charge in [-0.05, 0) is 49.2 Å². The van der Waals surface area contributed by atoms with Crippen LogP contribution in [-0.2, 0) is 22.7 Å². The minimum absolute atomic E-state index is 0.0515. The van der Waals surface area contributed by atoms with Crippen molar-refractivity contribution in [2.24, 2.45) is 0 Å². The molecule has 1 amide bonds. The number of amides is 1. The Labute approximate surface area is 176 Å². The maximum Gasteiger partial charge on any atom is 0.237 e. The number of rotatable bonds is 7. The first kappa shape index (κ1) is 22.1. The van der Waals surface area contributed by atoms with E-state index in [0.29, 0.717) is 32.0 Å². The van der Waals surface area contributed by atoms with Crippen LogP contribution in [0, 0.1) is 5.82 Å². The van der Waals surface area contributed by atoms with Crippen LogP contribution in [0.25, 0.3) is 0 Å². The van der Waals surface area contributed by atoms with Crippen molar-refractivity contribution in [2.45, 2.75) is 39.1 Å². The number of phenolic OH excluding ortho intramolecular Hbond substituents is 1. The predicted octanol–water partition coefficient (Wildman–Crippen LogP) is 3.18. The van der Waals surface area contributed by atoms with Crippen molar-refractivity contribution >= 4 is 5.91 Å². The lowest BCUT2D eigenvalue weighted by Gasteiger charge is -2.27. The second kappa shape index (κ2) is 9.91. The Balaban J connectivity index is 1.72. The third-order valence-corrected chi connectivity index (χ3v) is 5.21. The fraction of sp³-hybridized carbons (Fsp3) is 0.435. The van der Waals surface area contributed by atoms with Crippen molar-refractivity contribution in [1.82, 2.24) is 9.80 Å². The van der Waals surface area contributed by atoms with E-state index in [1.165, 1.54) is 19.2 Å². The number of hydrogen-bond donors (Lipinski definition) is 1. The quantitative estimate of drug-likeness (QED) is 0.751. The summed E-state index contributed by atoms with van der Waals surface area (Å²) < 4.78 is 24.4. The summed E-state index contributed by atoms with van der Waals surface area (Å²) in [6.45, 7) is 6.19. The van der Waals surface area contributed by atoms with Gasteiger partial charge in [-0.3, -0.25) is 9.69 Å². The lowest BCUT2D eigenvalue weighted by molar-refractivity contribution is -0.133. The van der Waals surface area contributed by atoms with Gasteiger partial charge in [-0.25, -0.2) is 4.39 Å². The van der Waals surface area contributed by atoms with Crippen molar-refractivity contribution in [3.8, 4) is 11.5 Å². The average Bonchev–Trinajstić information content (AvgIpc) is 2.86. The predicted molar refractivity (Wildman–Crippen MR) is 112 cm³/mol. The SMILES string of the molecule is COc1ccc(CN2CC(=O)N(C(C)C)C[C@@H](OCc3ccc(F)cc3)C2)cc1O. The molecule has 0 aliphatic carbocycles. The molecule has 162 valence electrons. The van der Waals surface area contributed by atoms with Crippen LogP contribution in [0.1, 0.15) is 25.0 Å². The molecule has 0 unspecified atom stereocenters. The number of carbonyl (C=O) groups is 1. The fourth-order valence-corrected chi connectivity index (χ4v) is 3.63. The molecule has 0 aromatic heterocycles. The molecule has 2 aromatic carbocycles. The highest BCUT2D eigenvalue weighted by Gasteiger charge is 2.30. The highest BCUT2D eigenvalue weighted by Crippen LogP contribution is 2.27. The summed E-state index contributed by atoms with van der Waals surface area (Å²) >= 11 is 0. The topological polar surface area (TPSA) is 62.2 Å². The Morgan fingerprint density at radius 3 is 2.47 bits per heavy atom. The van der Waals surface area contributed by atoms with Crippen LogP contribution < -0.4 is 4.74 Å². The average molecular weight is 416 g/mol. The zero-order valence-corrected chi connectivity index (χ0v) is 17.7. The molecule has 3 rings (SSSR count). The smallest absolute Gasteiger partial charge is 0.237 e. The molecule has 30 heavy (non-hydrogen) atoms. The van der Waals surface area contributed by atoms with Crippen molar-refractivity contribution in [2.75, 3.05) is 26.7 Å². The molecule has 1 aliphatic rings. The number of methoxy groups -OCH3 is 1. The second-order valence-corrected chi connectivity index (χ2v) is 7.88. The molecule has 1 heterocycles. The van der Waals surface area contributed by atoms with E-state index in [9.17, 15) is 14.3 Å². The molecule has 7 heteroatoms. The van der Waals surface area contributed by atoms with E-state index in [1.54, 1.807) is 24.3 Å². The van der Waals surface area contributed by atoms with Gasteiger partial charge in [0, 0.05) is 25.7 Å². The van der Waals surface area contributed by atoms with Gasteiger partial charge in [0.05, 0.1) is 26.4 Å². The molecule has 0 radical (unpaired) electrons. The Morgan fingerprint density at radius 2 is 1.83 bits per heavy atom. The van der Waals surface area contributed by atoms with E-state index in [2.05, 4.69) is 0 Å². The summed E-state index contributed by atoms with van der Waals surface area (Å²) in [4.78, 5) is 16.7. The second-order valence-electron chi connectivity index (χ2n) is 7.88. The third-order valence-electron chi connectivity index (χ3n) is 5.21. The highest BCUT2D eigenvalue weighted by atomic mass is 19.1.